The molecule has 2 saturated heterocycles. The summed E-state index contributed by atoms with van der Waals surface area (Å²) < 4.78 is 6.26. The Labute approximate surface area is 133 Å². The maximum absolute atomic E-state index is 9.20. The molecule has 2 aliphatic rings. The zero-order valence-electron chi connectivity index (χ0n) is 11.9. The van der Waals surface area contributed by atoms with E-state index in [1.165, 1.54) is 0 Å². The second kappa shape index (κ2) is 6.73. The number of pyridine rings is 1. The molecule has 1 aromatic rings. The van der Waals surface area contributed by atoms with Crippen molar-refractivity contribution in [3.05, 3.63) is 22.3 Å². The van der Waals surface area contributed by atoms with Crippen LogP contribution < -0.4 is 5.32 Å². The van der Waals surface area contributed by atoms with Gasteiger partial charge in [0.1, 0.15) is 11.9 Å². The molecule has 1 atom stereocenters. The van der Waals surface area contributed by atoms with Gasteiger partial charge in [-0.1, -0.05) is 0 Å². The summed E-state index contributed by atoms with van der Waals surface area (Å²) in [6.45, 7) is 3.90. The fraction of sp³-hybridized carbons (Fsp3) is 0.600. The summed E-state index contributed by atoms with van der Waals surface area (Å²) in [5, 5.41) is 12.6. The van der Waals surface area contributed by atoms with E-state index in [0.717, 1.165) is 50.0 Å². The third-order valence-electron chi connectivity index (χ3n) is 4.24. The van der Waals surface area contributed by atoms with E-state index < -0.39 is 0 Å². The zero-order valence-corrected chi connectivity index (χ0v) is 13.5. The first kappa shape index (κ1) is 14.8. The molecule has 21 heavy (non-hydrogen) atoms. The Morgan fingerprint density at radius 3 is 2.95 bits per heavy atom. The molecule has 1 N–H and O–H groups in total. The molecule has 1 unspecified atom stereocenters. The molecule has 0 amide bonds. The van der Waals surface area contributed by atoms with Crippen LogP contribution in [0.4, 0.5) is 5.82 Å². The van der Waals surface area contributed by atoms with E-state index in [9.17, 15) is 5.26 Å². The molecule has 3 heterocycles. The average molecular weight is 351 g/mol. The summed E-state index contributed by atoms with van der Waals surface area (Å²) in [5.41, 5.74) is 0.592. The lowest BCUT2D eigenvalue weighted by molar-refractivity contribution is 0.0421. The van der Waals surface area contributed by atoms with Crippen LogP contribution >= 0.6 is 15.9 Å². The van der Waals surface area contributed by atoms with Gasteiger partial charge in [-0.15, -0.1) is 0 Å². The summed E-state index contributed by atoms with van der Waals surface area (Å²) >= 11 is 3.35. The van der Waals surface area contributed by atoms with E-state index >= 15 is 0 Å². The molecule has 0 radical (unpaired) electrons. The van der Waals surface area contributed by atoms with Crippen molar-refractivity contribution in [3.63, 3.8) is 0 Å². The monoisotopic (exact) mass is 350 g/mol. The fourth-order valence-corrected chi connectivity index (χ4v) is 3.45. The summed E-state index contributed by atoms with van der Waals surface area (Å²) in [4.78, 5) is 6.88. The van der Waals surface area contributed by atoms with Gasteiger partial charge in [-0.05, 0) is 41.3 Å². The van der Waals surface area contributed by atoms with E-state index in [2.05, 4.69) is 37.2 Å². The van der Waals surface area contributed by atoms with Crippen LogP contribution in [0.25, 0.3) is 0 Å². The Morgan fingerprint density at radius 2 is 2.19 bits per heavy atom. The minimum atomic E-state index is 0.369. The molecule has 1 aromatic heterocycles. The molecule has 0 saturated carbocycles. The lowest BCUT2D eigenvalue weighted by Crippen LogP contribution is -2.39. The van der Waals surface area contributed by atoms with Gasteiger partial charge in [0.05, 0.1) is 5.56 Å². The van der Waals surface area contributed by atoms with Crippen LogP contribution in [0.2, 0.25) is 0 Å². The maximum atomic E-state index is 9.20. The Balaban J connectivity index is 1.61. The van der Waals surface area contributed by atoms with Crippen LogP contribution in [0.5, 0.6) is 0 Å². The number of ether oxygens (including phenoxy) is 1. The maximum Gasteiger partial charge on any atom is 0.144 e. The van der Waals surface area contributed by atoms with Crippen LogP contribution in [0, 0.1) is 11.3 Å². The van der Waals surface area contributed by atoms with Crippen molar-refractivity contribution in [1.29, 1.82) is 5.26 Å². The zero-order chi connectivity index (χ0) is 14.7. The van der Waals surface area contributed by atoms with Gasteiger partial charge < -0.3 is 10.1 Å². The van der Waals surface area contributed by atoms with E-state index in [-0.39, 0.29) is 0 Å². The van der Waals surface area contributed by atoms with Crippen molar-refractivity contribution in [3.8, 4) is 6.07 Å². The van der Waals surface area contributed by atoms with Gasteiger partial charge in [-0.2, -0.15) is 5.26 Å². The molecule has 3 rings (SSSR count). The minimum Gasteiger partial charge on any atom is -0.381 e. The highest BCUT2D eigenvalue weighted by Gasteiger charge is 2.29. The van der Waals surface area contributed by atoms with Crippen molar-refractivity contribution in [2.24, 2.45) is 0 Å². The van der Waals surface area contributed by atoms with Crippen LogP contribution in [0.1, 0.15) is 24.8 Å². The second-order valence-electron chi connectivity index (χ2n) is 5.63. The van der Waals surface area contributed by atoms with Gasteiger partial charge in [-0.25, -0.2) is 4.98 Å². The molecule has 2 fully saturated rings. The number of hydrogen-bond donors (Lipinski definition) is 1. The Hall–Kier alpha value is -1.16. The SMILES string of the molecule is N#Cc1cc(Br)cnc1NC1CCN(C2CCOCC2)C1. The predicted octanol–water partition coefficient (Wildman–Crippen LogP) is 2.38. The van der Waals surface area contributed by atoms with E-state index in [0.29, 0.717) is 23.5 Å². The molecule has 0 aliphatic carbocycles. The molecule has 0 bridgehead atoms. The van der Waals surface area contributed by atoms with Crippen molar-refractivity contribution >= 4 is 21.7 Å². The molecular formula is C15H19BrN4O. The van der Waals surface area contributed by atoms with E-state index in [1.54, 1.807) is 12.3 Å². The Kier molecular flexibility index (Phi) is 4.73. The number of halogens is 1. The van der Waals surface area contributed by atoms with Crippen molar-refractivity contribution in [2.45, 2.75) is 31.3 Å². The molecule has 0 aromatic carbocycles. The first-order valence-electron chi connectivity index (χ1n) is 7.40. The van der Waals surface area contributed by atoms with Gasteiger partial charge >= 0.3 is 0 Å². The second-order valence-corrected chi connectivity index (χ2v) is 6.55. The van der Waals surface area contributed by atoms with Gasteiger partial charge in [0.2, 0.25) is 0 Å². The highest BCUT2D eigenvalue weighted by Crippen LogP contribution is 2.24. The minimum absolute atomic E-state index is 0.369. The smallest absolute Gasteiger partial charge is 0.144 e. The Bertz CT molecular complexity index is 539. The number of nitrogens with zero attached hydrogens (tertiary/aromatic N) is 3. The summed E-state index contributed by atoms with van der Waals surface area (Å²) in [5.74, 6) is 0.694. The number of aromatic nitrogens is 1. The van der Waals surface area contributed by atoms with Gasteiger partial charge in [0.15, 0.2) is 0 Å². The lowest BCUT2D eigenvalue weighted by atomic mass is 10.1. The molecule has 5 nitrogen and oxygen atoms in total. The highest BCUT2D eigenvalue weighted by molar-refractivity contribution is 9.10. The van der Waals surface area contributed by atoms with E-state index in [1.807, 2.05) is 0 Å². The van der Waals surface area contributed by atoms with Crippen LogP contribution in [0.3, 0.4) is 0 Å². The van der Waals surface area contributed by atoms with Crippen molar-refractivity contribution in [1.82, 2.24) is 9.88 Å². The van der Waals surface area contributed by atoms with Crippen molar-refractivity contribution < 1.29 is 4.74 Å². The quantitative estimate of drug-likeness (QED) is 0.906. The summed E-state index contributed by atoms with van der Waals surface area (Å²) in [6.07, 6.45) is 5.09. The van der Waals surface area contributed by atoms with Crippen LogP contribution in [-0.4, -0.2) is 48.3 Å². The number of likely N-dealkylation sites (tertiary alicyclic amines) is 1. The molecular weight excluding hydrogens is 332 g/mol. The third-order valence-corrected chi connectivity index (χ3v) is 4.68. The standard InChI is InChI=1S/C15H19BrN4O/c16-12-7-11(8-17)15(18-9-12)19-13-1-4-20(10-13)14-2-5-21-6-3-14/h7,9,13-14H,1-6,10H2,(H,18,19). The lowest BCUT2D eigenvalue weighted by Gasteiger charge is -2.31. The van der Waals surface area contributed by atoms with Crippen LogP contribution in [0.15, 0.2) is 16.7 Å². The van der Waals surface area contributed by atoms with Crippen molar-refractivity contribution in [2.75, 3.05) is 31.6 Å². The largest absolute Gasteiger partial charge is 0.381 e. The third kappa shape index (κ3) is 3.54. The molecule has 2 aliphatic heterocycles. The normalized spacial score (nSPS) is 23.9. The van der Waals surface area contributed by atoms with Gasteiger partial charge in [0, 0.05) is 49.1 Å². The fourth-order valence-electron chi connectivity index (χ4n) is 3.12. The molecule has 112 valence electrons. The van der Waals surface area contributed by atoms with Gasteiger partial charge in [-0.3, -0.25) is 4.90 Å². The first-order chi connectivity index (χ1) is 10.3. The number of anilines is 1. The average Bonchev–Trinajstić information content (AvgIpc) is 2.98. The van der Waals surface area contributed by atoms with Crippen LogP contribution in [-0.2, 0) is 4.74 Å². The Morgan fingerprint density at radius 1 is 1.38 bits per heavy atom. The molecule has 6 heteroatoms. The number of hydrogen-bond acceptors (Lipinski definition) is 5. The van der Waals surface area contributed by atoms with Gasteiger partial charge in [0.25, 0.3) is 0 Å². The number of rotatable bonds is 3. The summed E-state index contributed by atoms with van der Waals surface area (Å²) in [7, 11) is 0. The number of nitriles is 1. The van der Waals surface area contributed by atoms with E-state index in [4.69, 9.17) is 4.74 Å². The molecule has 0 spiro atoms. The first-order valence-corrected chi connectivity index (χ1v) is 8.19. The highest BCUT2D eigenvalue weighted by atomic mass is 79.9. The topological polar surface area (TPSA) is 61.2 Å². The summed E-state index contributed by atoms with van der Waals surface area (Å²) in [6, 6.07) is 5.03. The predicted molar refractivity (Wildman–Crippen MR) is 84.1 cm³/mol. The number of nitrogens with one attached hydrogen (secondary N) is 1.